The number of nitrogens with one attached hydrogen (secondary N) is 1. The first kappa shape index (κ1) is 16.7. The minimum Gasteiger partial charge on any atom is -0.459 e. The van der Waals surface area contributed by atoms with Crippen molar-refractivity contribution in [1.29, 1.82) is 0 Å². The molecule has 0 fully saturated rings. The molecule has 1 N–H and O–H groups in total. The number of benzene rings is 1. The van der Waals surface area contributed by atoms with Crippen molar-refractivity contribution in [3.8, 4) is 0 Å². The van der Waals surface area contributed by atoms with Crippen LogP contribution in [0, 0.1) is 0 Å². The normalized spacial score (nSPS) is 12.5. The van der Waals surface area contributed by atoms with Crippen molar-refractivity contribution in [3.63, 3.8) is 0 Å². The Morgan fingerprint density at radius 3 is 2.05 bits per heavy atom. The van der Waals surface area contributed by atoms with Crippen LogP contribution in [0.2, 0.25) is 0 Å². The predicted octanol–water partition coefficient (Wildman–Crippen LogP) is 2.33. The van der Waals surface area contributed by atoms with E-state index in [1.807, 2.05) is 0 Å². The van der Waals surface area contributed by atoms with Crippen LogP contribution < -0.4 is 4.72 Å². The molecule has 0 aliphatic heterocycles. The fourth-order valence-corrected chi connectivity index (χ4v) is 2.93. The van der Waals surface area contributed by atoms with Crippen LogP contribution in [-0.2, 0) is 14.8 Å². The van der Waals surface area contributed by atoms with Crippen molar-refractivity contribution in [1.82, 2.24) is 4.72 Å². The van der Waals surface area contributed by atoms with Gasteiger partial charge in [0.1, 0.15) is 0 Å². The summed E-state index contributed by atoms with van der Waals surface area (Å²) in [5, 5.41) is 0. The van der Waals surface area contributed by atoms with Gasteiger partial charge in [-0.3, -0.25) is 0 Å². The number of rotatable bonds is 4. The molecule has 0 saturated heterocycles. The molecule has 0 atom stereocenters. The molecule has 6 heteroatoms. The number of hydrogen-bond acceptors (Lipinski definition) is 4. The lowest BCUT2D eigenvalue weighted by Gasteiger charge is -2.20. The van der Waals surface area contributed by atoms with E-state index in [4.69, 9.17) is 4.74 Å². The molecule has 0 aliphatic rings. The zero-order valence-corrected chi connectivity index (χ0v) is 13.2. The molecule has 112 valence electrons. The Balaban J connectivity index is 2.94. The van der Waals surface area contributed by atoms with Crippen LogP contribution in [0.15, 0.2) is 29.2 Å². The first-order valence-electron chi connectivity index (χ1n) is 6.36. The van der Waals surface area contributed by atoms with Crippen molar-refractivity contribution in [2.75, 3.05) is 0 Å². The van der Waals surface area contributed by atoms with Crippen molar-refractivity contribution in [3.05, 3.63) is 29.8 Å². The average Bonchev–Trinajstić information content (AvgIpc) is 2.25. The minimum atomic E-state index is -3.59. The average molecular weight is 299 g/mol. The number of carbonyl (C=O) groups excluding carboxylic acids is 1. The number of carbonyl (C=O) groups is 1. The van der Waals surface area contributed by atoms with Gasteiger partial charge in [0.15, 0.2) is 0 Å². The largest absolute Gasteiger partial charge is 0.459 e. The fraction of sp³-hybridized carbons (Fsp3) is 0.500. The van der Waals surface area contributed by atoms with Gasteiger partial charge < -0.3 is 4.74 Å². The van der Waals surface area contributed by atoms with Crippen molar-refractivity contribution in [2.45, 2.75) is 51.2 Å². The Morgan fingerprint density at radius 1 is 1.15 bits per heavy atom. The topological polar surface area (TPSA) is 72.5 Å². The third kappa shape index (κ3) is 4.94. The Hall–Kier alpha value is -1.40. The lowest BCUT2D eigenvalue weighted by molar-refractivity contribution is 0.0378. The van der Waals surface area contributed by atoms with Crippen molar-refractivity contribution < 1.29 is 17.9 Å². The molecule has 0 aromatic heterocycles. The van der Waals surface area contributed by atoms with E-state index in [0.29, 0.717) is 5.56 Å². The molecule has 5 nitrogen and oxygen atoms in total. The standard InChI is InChI=1S/C14H21NO4S/c1-10(2)19-13(16)11-6-8-12(9-7-11)20(17,18)15-14(3,4)5/h6-10,15H,1-5H3. The predicted molar refractivity (Wildman–Crippen MR) is 77.1 cm³/mol. The summed E-state index contributed by atoms with van der Waals surface area (Å²) in [5.74, 6) is -0.465. The second-order valence-corrected chi connectivity index (χ2v) is 7.52. The van der Waals surface area contributed by atoms with E-state index in [2.05, 4.69) is 4.72 Å². The lowest BCUT2D eigenvalue weighted by atomic mass is 10.1. The molecule has 0 saturated carbocycles. The number of hydrogen-bond donors (Lipinski definition) is 1. The minimum absolute atomic E-state index is 0.119. The Bertz CT molecular complexity index is 568. The Kier molecular flexibility index (Phi) is 4.94. The molecule has 0 bridgehead atoms. The van der Waals surface area contributed by atoms with Crippen LogP contribution in [0.3, 0.4) is 0 Å². The summed E-state index contributed by atoms with van der Waals surface area (Å²) < 4.78 is 31.7. The molecule has 0 amide bonds. The molecule has 0 aliphatic carbocycles. The molecule has 0 heterocycles. The Morgan fingerprint density at radius 2 is 1.65 bits per heavy atom. The molecule has 0 spiro atoms. The first-order valence-corrected chi connectivity index (χ1v) is 7.84. The third-order valence-electron chi connectivity index (χ3n) is 2.18. The van der Waals surface area contributed by atoms with E-state index in [1.54, 1.807) is 34.6 Å². The molecule has 0 unspecified atom stereocenters. The van der Waals surface area contributed by atoms with Gasteiger partial charge in [-0.2, -0.15) is 0 Å². The second-order valence-electron chi connectivity index (χ2n) is 5.83. The fourth-order valence-electron chi connectivity index (χ4n) is 1.51. The maximum atomic E-state index is 12.1. The molecular weight excluding hydrogens is 278 g/mol. The first-order chi connectivity index (χ1) is 9.01. The van der Waals surface area contributed by atoms with Gasteiger partial charge in [-0.25, -0.2) is 17.9 Å². The van der Waals surface area contributed by atoms with E-state index in [0.717, 1.165) is 0 Å². The highest BCUT2D eigenvalue weighted by atomic mass is 32.2. The second kappa shape index (κ2) is 5.93. The van der Waals surface area contributed by atoms with Crippen LogP contribution >= 0.6 is 0 Å². The zero-order chi connectivity index (χ0) is 15.6. The van der Waals surface area contributed by atoms with Crippen molar-refractivity contribution >= 4 is 16.0 Å². The SMILES string of the molecule is CC(C)OC(=O)c1ccc(S(=O)(=O)NC(C)(C)C)cc1. The van der Waals surface area contributed by atoms with Crippen LogP contribution in [0.1, 0.15) is 45.0 Å². The van der Waals surface area contributed by atoms with Gasteiger partial charge in [-0.05, 0) is 58.9 Å². The van der Waals surface area contributed by atoms with E-state index < -0.39 is 21.5 Å². The van der Waals surface area contributed by atoms with Crippen LogP contribution in [0.5, 0.6) is 0 Å². The van der Waals surface area contributed by atoms with Crippen LogP contribution in [-0.4, -0.2) is 26.0 Å². The summed E-state index contributed by atoms with van der Waals surface area (Å²) in [6.45, 7) is 8.80. The van der Waals surface area contributed by atoms with Gasteiger partial charge in [0.05, 0.1) is 16.6 Å². The molecule has 0 radical (unpaired) electrons. The van der Waals surface area contributed by atoms with Gasteiger partial charge in [0.25, 0.3) is 0 Å². The maximum Gasteiger partial charge on any atom is 0.338 e. The highest BCUT2D eigenvalue weighted by Crippen LogP contribution is 2.14. The quantitative estimate of drug-likeness (QED) is 0.866. The number of ether oxygens (including phenoxy) is 1. The number of sulfonamides is 1. The molecule has 1 rings (SSSR count). The lowest BCUT2D eigenvalue weighted by Crippen LogP contribution is -2.40. The summed E-state index contributed by atoms with van der Waals surface area (Å²) in [6, 6.07) is 5.68. The van der Waals surface area contributed by atoms with Gasteiger partial charge in [-0.1, -0.05) is 0 Å². The summed E-state index contributed by atoms with van der Waals surface area (Å²) in [7, 11) is -3.59. The monoisotopic (exact) mass is 299 g/mol. The van der Waals surface area contributed by atoms with E-state index in [1.165, 1.54) is 24.3 Å². The summed E-state index contributed by atoms with van der Waals surface area (Å²) in [6.07, 6.45) is -0.214. The smallest absolute Gasteiger partial charge is 0.338 e. The van der Waals surface area contributed by atoms with Crippen molar-refractivity contribution in [2.24, 2.45) is 0 Å². The molecule has 1 aromatic rings. The summed E-state index contributed by atoms with van der Waals surface area (Å²) in [4.78, 5) is 11.8. The zero-order valence-electron chi connectivity index (χ0n) is 12.4. The summed E-state index contributed by atoms with van der Waals surface area (Å²) in [5.41, 5.74) is -0.234. The highest BCUT2D eigenvalue weighted by Gasteiger charge is 2.22. The maximum absolute atomic E-state index is 12.1. The van der Waals surface area contributed by atoms with Crippen LogP contribution in [0.4, 0.5) is 0 Å². The van der Waals surface area contributed by atoms with E-state index in [9.17, 15) is 13.2 Å². The molecule has 20 heavy (non-hydrogen) atoms. The van der Waals surface area contributed by atoms with Gasteiger partial charge >= 0.3 is 5.97 Å². The Labute approximate surface area is 120 Å². The molecular formula is C14H21NO4S. The van der Waals surface area contributed by atoms with E-state index in [-0.39, 0.29) is 11.0 Å². The highest BCUT2D eigenvalue weighted by molar-refractivity contribution is 7.89. The van der Waals surface area contributed by atoms with Gasteiger partial charge in [-0.15, -0.1) is 0 Å². The van der Waals surface area contributed by atoms with Crippen LogP contribution in [0.25, 0.3) is 0 Å². The number of esters is 1. The third-order valence-corrected chi connectivity index (χ3v) is 3.96. The van der Waals surface area contributed by atoms with Gasteiger partial charge in [0.2, 0.25) is 10.0 Å². The summed E-state index contributed by atoms with van der Waals surface area (Å²) >= 11 is 0. The van der Waals surface area contributed by atoms with Gasteiger partial charge in [0, 0.05) is 5.54 Å². The van der Waals surface area contributed by atoms with E-state index >= 15 is 0 Å². The molecule has 1 aromatic carbocycles.